The van der Waals surface area contributed by atoms with Gasteiger partial charge in [-0.25, -0.2) is 22.2 Å². The van der Waals surface area contributed by atoms with E-state index in [-0.39, 0.29) is 11.2 Å². The summed E-state index contributed by atoms with van der Waals surface area (Å²) in [6, 6.07) is 4.30. The summed E-state index contributed by atoms with van der Waals surface area (Å²) in [5, 5.41) is -0.509. The Morgan fingerprint density at radius 2 is 1.94 bits per heavy atom. The van der Waals surface area contributed by atoms with E-state index in [0.29, 0.717) is 19.5 Å². The molecular formula is C23H26ClF3N4O3S. The van der Waals surface area contributed by atoms with E-state index in [1.54, 1.807) is 12.0 Å². The molecule has 2 aliphatic heterocycles. The molecule has 0 amide bonds. The number of nitrogens with one attached hydrogen (secondary N) is 1. The van der Waals surface area contributed by atoms with Crippen LogP contribution >= 0.6 is 11.6 Å². The van der Waals surface area contributed by atoms with Crippen LogP contribution in [0.2, 0.25) is 5.02 Å². The van der Waals surface area contributed by atoms with E-state index in [0.717, 1.165) is 37.7 Å². The van der Waals surface area contributed by atoms with Crippen LogP contribution in [-0.2, 0) is 14.8 Å². The molecule has 5 rings (SSSR count). The van der Waals surface area contributed by atoms with Gasteiger partial charge in [-0.05, 0) is 50.8 Å². The van der Waals surface area contributed by atoms with Gasteiger partial charge in [0.15, 0.2) is 10.7 Å². The standard InChI is InChI=1S/C23H26ClF3N4O3S/c1-34-23(14-31-10-3-6-22(31)7-8-22)9-11-30(13-23)16-12-15(25)21(20(27)19(16)24)35(32,33)29-18-5-2-4-17(26)28-18/h2,4-5,12H,3,6-11,13-14H2,1H3,(H,28,29)/t23-/m0/s1. The minimum Gasteiger partial charge on any atom is -0.375 e. The monoisotopic (exact) mass is 530 g/mol. The molecule has 1 aromatic carbocycles. The van der Waals surface area contributed by atoms with Crippen molar-refractivity contribution >= 4 is 33.1 Å². The normalized spacial score (nSPS) is 23.9. The third kappa shape index (κ3) is 4.47. The number of pyridine rings is 1. The number of halogens is 4. The molecule has 2 saturated heterocycles. The highest BCUT2D eigenvalue weighted by molar-refractivity contribution is 7.92. The molecule has 3 aliphatic rings. The van der Waals surface area contributed by atoms with Crippen molar-refractivity contribution in [2.45, 2.75) is 48.1 Å². The van der Waals surface area contributed by atoms with E-state index in [2.05, 4.69) is 9.88 Å². The van der Waals surface area contributed by atoms with Gasteiger partial charge in [-0.3, -0.25) is 9.62 Å². The van der Waals surface area contributed by atoms with Gasteiger partial charge in [0.2, 0.25) is 5.95 Å². The van der Waals surface area contributed by atoms with E-state index in [1.165, 1.54) is 25.3 Å². The Hall–Kier alpha value is -2.08. The zero-order valence-corrected chi connectivity index (χ0v) is 20.7. The molecule has 1 spiro atoms. The quantitative estimate of drug-likeness (QED) is 0.428. The maximum atomic E-state index is 15.2. The molecular weight excluding hydrogens is 505 g/mol. The van der Waals surface area contributed by atoms with Crippen LogP contribution in [0.4, 0.5) is 24.7 Å². The van der Waals surface area contributed by atoms with E-state index in [4.69, 9.17) is 16.3 Å². The van der Waals surface area contributed by atoms with E-state index < -0.39 is 48.9 Å². The SMILES string of the molecule is CO[C@@]1(CN2CCCC23CC3)CCN(c2cc(F)c(S(=O)(=O)Nc3cccc(F)n3)c(F)c2Cl)C1. The minimum absolute atomic E-state index is 0.0611. The molecule has 0 bridgehead atoms. The Bertz CT molecular complexity index is 1260. The summed E-state index contributed by atoms with van der Waals surface area (Å²) in [7, 11) is -3.12. The van der Waals surface area contributed by atoms with Crippen LogP contribution in [0.15, 0.2) is 29.2 Å². The highest BCUT2D eigenvalue weighted by Crippen LogP contribution is 2.50. The smallest absolute Gasteiger partial charge is 0.268 e. The summed E-state index contributed by atoms with van der Waals surface area (Å²) in [5.41, 5.74) is -0.175. The Kier molecular flexibility index (Phi) is 6.18. The average Bonchev–Trinajstić information content (AvgIpc) is 3.30. The number of hydrogen-bond acceptors (Lipinski definition) is 6. The molecule has 7 nitrogen and oxygen atoms in total. The van der Waals surface area contributed by atoms with E-state index >= 15 is 8.78 Å². The fourth-order valence-corrected chi connectivity index (χ4v) is 6.88. The molecule has 1 atom stereocenters. The summed E-state index contributed by atoms with van der Waals surface area (Å²) in [6.45, 7) is 2.55. The summed E-state index contributed by atoms with van der Waals surface area (Å²) in [6.07, 6.45) is 5.36. The third-order valence-corrected chi connectivity index (χ3v) is 9.21. The van der Waals surface area contributed by atoms with Gasteiger partial charge in [0.05, 0.1) is 11.3 Å². The number of rotatable bonds is 7. The van der Waals surface area contributed by atoms with Crippen LogP contribution in [0.25, 0.3) is 0 Å². The first-order chi connectivity index (χ1) is 16.6. The lowest BCUT2D eigenvalue weighted by Gasteiger charge is -2.36. The van der Waals surface area contributed by atoms with Crippen molar-refractivity contribution in [3.05, 3.63) is 46.9 Å². The molecule has 1 N–H and O–H groups in total. The highest BCUT2D eigenvalue weighted by atomic mass is 35.5. The van der Waals surface area contributed by atoms with Gasteiger partial charge < -0.3 is 9.64 Å². The number of hydrogen-bond donors (Lipinski definition) is 1. The van der Waals surface area contributed by atoms with Crippen molar-refractivity contribution in [3.8, 4) is 0 Å². The first kappa shape index (κ1) is 24.6. The minimum atomic E-state index is -4.77. The van der Waals surface area contributed by atoms with Gasteiger partial charge in [0, 0.05) is 38.3 Å². The molecule has 3 fully saturated rings. The number of ether oxygens (including phenoxy) is 1. The van der Waals surface area contributed by atoms with E-state index in [1.807, 2.05) is 4.72 Å². The van der Waals surface area contributed by atoms with Crippen LogP contribution in [0.3, 0.4) is 0 Å². The van der Waals surface area contributed by atoms with Crippen LogP contribution < -0.4 is 9.62 Å². The second-order valence-corrected chi connectivity index (χ2v) is 11.6. The third-order valence-electron chi connectivity index (χ3n) is 7.46. The summed E-state index contributed by atoms with van der Waals surface area (Å²) >= 11 is 6.24. The van der Waals surface area contributed by atoms with Gasteiger partial charge in [-0.1, -0.05) is 17.7 Å². The van der Waals surface area contributed by atoms with Gasteiger partial charge in [0.25, 0.3) is 10.0 Å². The van der Waals surface area contributed by atoms with Crippen molar-refractivity contribution in [1.82, 2.24) is 9.88 Å². The molecule has 0 radical (unpaired) electrons. The van der Waals surface area contributed by atoms with Crippen LogP contribution in [-0.4, -0.2) is 62.7 Å². The molecule has 190 valence electrons. The van der Waals surface area contributed by atoms with Crippen LogP contribution in [0.5, 0.6) is 0 Å². The van der Waals surface area contributed by atoms with Crippen molar-refractivity contribution < 1.29 is 26.3 Å². The zero-order valence-electron chi connectivity index (χ0n) is 19.2. The largest absolute Gasteiger partial charge is 0.375 e. The van der Waals surface area contributed by atoms with Crippen LogP contribution in [0, 0.1) is 17.6 Å². The van der Waals surface area contributed by atoms with Crippen molar-refractivity contribution in [2.24, 2.45) is 0 Å². The summed E-state index contributed by atoms with van der Waals surface area (Å²) < 4.78 is 76.8. The van der Waals surface area contributed by atoms with Gasteiger partial charge >= 0.3 is 0 Å². The molecule has 1 aromatic heterocycles. The second kappa shape index (κ2) is 8.79. The first-order valence-corrected chi connectivity index (χ1v) is 13.3. The zero-order chi connectivity index (χ0) is 25.0. The molecule has 0 unspecified atom stereocenters. The Morgan fingerprint density at radius 3 is 2.63 bits per heavy atom. The Labute approximate surface area is 207 Å². The van der Waals surface area contributed by atoms with E-state index in [9.17, 15) is 12.8 Å². The maximum Gasteiger partial charge on any atom is 0.268 e. The topological polar surface area (TPSA) is 74.8 Å². The van der Waals surface area contributed by atoms with Gasteiger partial charge in [0.1, 0.15) is 16.7 Å². The van der Waals surface area contributed by atoms with Gasteiger partial charge in [-0.15, -0.1) is 0 Å². The molecule has 1 aliphatic carbocycles. The predicted molar refractivity (Wildman–Crippen MR) is 126 cm³/mol. The summed E-state index contributed by atoms with van der Waals surface area (Å²) in [4.78, 5) is 6.32. The van der Waals surface area contributed by atoms with Crippen LogP contribution in [0.1, 0.15) is 32.1 Å². The Morgan fingerprint density at radius 1 is 1.17 bits per heavy atom. The number of likely N-dealkylation sites (tertiary alicyclic amines) is 1. The molecule has 1 saturated carbocycles. The fraction of sp³-hybridized carbons (Fsp3) is 0.522. The lowest BCUT2D eigenvalue weighted by molar-refractivity contribution is -0.0250. The average molecular weight is 531 g/mol. The van der Waals surface area contributed by atoms with Crippen molar-refractivity contribution in [3.63, 3.8) is 0 Å². The second-order valence-electron chi connectivity index (χ2n) is 9.59. The Balaban J connectivity index is 1.39. The fourth-order valence-electron chi connectivity index (χ4n) is 5.41. The molecule has 35 heavy (non-hydrogen) atoms. The van der Waals surface area contributed by atoms with Crippen molar-refractivity contribution in [1.29, 1.82) is 0 Å². The molecule has 12 heteroatoms. The van der Waals surface area contributed by atoms with Gasteiger partial charge in [-0.2, -0.15) is 4.39 Å². The number of benzene rings is 1. The number of anilines is 2. The molecule has 2 aromatic rings. The maximum absolute atomic E-state index is 15.2. The lowest BCUT2D eigenvalue weighted by Crippen LogP contribution is -2.49. The number of sulfonamides is 1. The highest BCUT2D eigenvalue weighted by Gasteiger charge is 2.53. The predicted octanol–water partition coefficient (Wildman–Crippen LogP) is 4.18. The number of methoxy groups -OCH3 is 1. The molecule has 3 heterocycles. The lowest BCUT2D eigenvalue weighted by atomic mass is 10.0. The van der Waals surface area contributed by atoms with Crippen molar-refractivity contribution in [2.75, 3.05) is 42.9 Å². The number of nitrogens with zero attached hydrogens (tertiary/aromatic N) is 3. The first-order valence-electron chi connectivity index (χ1n) is 11.5. The number of aromatic nitrogens is 1. The summed E-state index contributed by atoms with van der Waals surface area (Å²) in [5.74, 6) is -4.09.